The second kappa shape index (κ2) is 15.2. The number of esters is 1. The zero-order chi connectivity index (χ0) is 39.2. The summed E-state index contributed by atoms with van der Waals surface area (Å²) in [7, 11) is 0. The average Bonchev–Trinajstić information content (AvgIpc) is 3.49. The number of ketones is 1. The highest BCUT2D eigenvalue weighted by Gasteiger charge is 2.36. The van der Waals surface area contributed by atoms with E-state index in [1.54, 1.807) is 0 Å². The number of ether oxygens (including phenoxy) is 1. The molecule has 8 heteroatoms. The molecule has 6 nitrogen and oxygen atoms in total. The van der Waals surface area contributed by atoms with Crippen molar-refractivity contribution in [3.05, 3.63) is 127 Å². The Morgan fingerprint density at radius 2 is 1.60 bits per heavy atom. The number of nitrogens with zero attached hydrogens (tertiary/aromatic N) is 1. The number of fused-ring (bicyclic) bond motifs is 3. The quantitative estimate of drug-likeness (QED) is 0.131. The van der Waals surface area contributed by atoms with Crippen LogP contribution in [0.15, 0.2) is 72.8 Å². The number of halogens is 1. The van der Waals surface area contributed by atoms with Crippen LogP contribution in [0.2, 0.25) is 5.02 Å². The Morgan fingerprint density at radius 3 is 2.29 bits per heavy atom. The predicted molar refractivity (Wildman–Crippen MR) is 225 cm³/mol. The lowest BCUT2D eigenvalue weighted by Gasteiger charge is -2.36. The van der Waals surface area contributed by atoms with Crippen LogP contribution in [0.25, 0.3) is 22.6 Å². The van der Waals surface area contributed by atoms with Gasteiger partial charge in [-0.1, -0.05) is 115 Å². The molecule has 55 heavy (non-hydrogen) atoms. The van der Waals surface area contributed by atoms with Crippen molar-refractivity contribution in [2.45, 2.75) is 86.0 Å². The third-order valence-corrected chi connectivity index (χ3v) is 12.6. The fraction of sp³-hybridized carbons (Fsp3) is 0.362. The lowest BCUT2D eigenvalue weighted by Crippen LogP contribution is -2.29. The molecule has 284 valence electrons. The van der Waals surface area contributed by atoms with Crippen molar-refractivity contribution < 1.29 is 19.1 Å². The van der Waals surface area contributed by atoms with Crippen LogP contribution in [0.3, 0.4) is 0 Å². The number of allylic oxidation sites excluding steroid dienone is 1. The molecule has 1 N–H and O–H groups in total. The number of carbonyl (C=O) groups excluding carboxylic acids is 3. The molecule has 2 aromatic heterocycles. The highest BCUT2D eigenvalue weighted by atomic mass is 35.5. The number of para-hydroxylation sites is 1. The zero-order valence-electron chi connectivity index (χ0n) is 32.8. The van der Waals surface area contributed by atoms with Gasteiger partial charge in [0.15, 0.2) is 12.4 Å². The number of amides is 1. The van der Waals surface area contributed by atoms with E-state index < -0.39 is 18.5 Å². The number of rotatable bonds is 7. The van der Waals surface area contributed by atoms with Crippen LogP contribution in [0.4, 0.5) is 5.00 Å². The minimum absolute atomic E-state index is 0.0393. The Hall–Kier alpha value is -4.59. The second-order valence-corrected chi connectivity index (χ2v) is 18.9. The minimum Gasteiger partial charge on any atom is -0.452 e. The maximum Gasteiger partial charge on any atom is 0.339 e. The molecule has 2 unspecified atom stereocenters. The van der Waals surface area contributed by atoms with Crippen LogP contribution in [0, 0.1) is 17.3 Å². The maximum atomic E-state index is 14.3. The maximum absolute atomic E-state index is 14.3. The van der Waals surface area contributed by atoms with Gasteiger partial charge in [-0.3, -0.25) is 9.59 Å². The monoisotopic (exact) mass is 772 g/mol. The molecule has 0 spiro atoms. The summed E-state index contributed by atoms with van der Waals surface area (Å²) < 4.78 is 5.88. The van der Waals surface area contributed by atoms with E-state index in [2.05, 4.69) is 59.9 Å². The van der Waals surface area contributed by atoms with E-state index in [1.807, 2.05) is 72.8 Å². The molecule has 0 saturated heterocycles. The average molecular weight is 773 g/mol. The van der Waals surface area contributed by atoms with Crippen molar-refractivity contribution in [2.75, 3.05) is 11.9 Å². The Morgan fingerprint density at radius 1 is 0.891 bits per heavy atom. The van der Waals surface area contributed by atoms with Crippen molar-refractivity contribution >= 4 is 68.2 Å². The third-order valence-electron chi connectivity index (χ3n) is 11.2. The Balaban J connectivity index is 1.19. The van der Waals surface area contributed by atoms with Crippen molar-refractivity contribution in [2.24, 2.45) is 17.3 Å². The van der Waals surface area contributed by atoms with E-state index in [1.165, 1.54) is 11.3 Å². The van der Waals surface area contributed by atoms with Crippen molar-refractivity contribution in [3.8, 4) is 0 Å². The number of hydrogen-bond donors (Lipinski definition) is 1. The molecule has 0 radical (unpaired) electrons. The smallest absolute Gasteiger partial charge is 0.339 e. The fourth-order valence-corrected chi connectivity index (χ4v) is 9.39. The summed E-state index contributed by atoms with van der Waals surface area (Å²) >= 11 is 7.67. The molecule has 0 bridgehead atoms. The number of anilines is 1. The standard InChI is InChI=1S/C47H49ClN2O4S/c1-27-12-21-35-38(22-27)55-44(41(35)43(52)29-15-17-31(18-16-29)46(2,3)4)50-39(51)26-54-45(53)40-34-10-8-9-11-37(34)49-42-30(23-28-13-19-33(48)20-14-28)24-32(25-36(40)42)47(5,6)7/h8-11,13-20,23,27,32H,12,21-22,24-26H2,1-7H3,(H,50,51)/b30-23-. The summed E-state index contributed by atoms with van der Waals surface area (Å²) in [5, 5.41) is 4.86. The van der Waals surface area contributed by atoms with Crippen LogP contribution in [-0.2, 0) is 34.2 Å². The number of carbonyl (C=O) groups is 3. The van der Waals surface area contributed by atoms with Crippen molar-refractivity contribution in [1.82, 2.24) is 4.98 Å². The molecular weight excluding hydrogens is 724 g/mol. The van der Waals surface area contributed by atoms with Gasteiger partial charge in [0.05, 0.1) is 22.3 Å². The SMILES string of the molecule is CC1CCc2c(sc(NC(=O)COC(=O)c3c4c(nc5ccccc35)/C(=C\c3ccc(Cl)cc3)CC(C(C)(C)C)C4)c2C(=O)c2ccc(C(C)(C)C)cc2)C1. The molecule has 5 aromatic rings. The first-order chi connectivity index (χ1) is 26.1. The number of benzene rings is 3. The number of pyridine rings is 1. The third kappa shape index (κ3) is 8.20. The molecule has 0 fully saturated rings. The van der Waals surface area contributed by atoms with Crippen LogP contribution in [-0.4, -0.2) is 29.3 Å². The Bertz CT molecular complexity index is 2320. The van der Waals surface area contributed by atoms with E-state index in [0.717, 1.165) is 64.1 Å². The summed E-state index contributed by atoms with van der Waals surface area (Å²) in [6.45, 7) is 14.8. The van der Waals surface area contributed by atoms with Gasteiger partial charge in [0.1, 0.15) is 5.00 Å². The van der Waals surface area contributed by atoms with Gasteiger partial charge in [-0.05, 0) is 107 Å². The number of aromatic nitrogens is 1. The highest BCUT2D eigenvalue weighted by molar-refractivity contribution is 7.17. The van der Waals surface area contributed by atoms with Gasteiger partial charge in [0, 0.05) is 20.8 Å². The fourth-order valence-electron chi connectivity index (χ4n) is 7.84. The van der Waals surface area contributed by atoms with Crippen LogP contribution in [0.5, 0.6) is 0 Å². The first-order valence-electron chi connectivity index (χ1n) is 19.2. The Labute approximate surface area is 333 Å². The van der Waals surface area contributed by atoms with Gasteiger partial charge in [0.25, 0.3) is 5.91 Å². The summed E-state index contributed by atoms with van der Waals surface area (Å²) in [5.41, 5.74) is 8.00. The first-order valence-corrected chi connectivity index (χ1v) is 20.4. The predicted octanol–water partition coefficient (Wildman–Crippen LogP) is 11.5. The van der Waals surface area contributed by atoms with Gasteiger partial charge in [-0.15, -0.1) is 11.3 Å². The molecule has 1 amide bonds. The molecular formula is C47H49ClN2O4S. The molecule has 2 aliphatic carbocycles. The lowest BCUT2D eigenvalue weighted by molar-refractivity contribution is -0.119. The van der Waals surface area contributed by atoms with E-state index in [9.17, 15) is 14.4 Å². The molecule has 2 aliphatic rings. The Kier molecular flexibility index (Phi) is 10.7. The molecule has 0 saturated carbocycles. The largest absolute Gasteiger partial charge is 0.452 e. The number of hydrogen-bond acceptors (Lipinski definition) is 6. The summed E-state index contributed by atoms with van der Waals surface area (Å²) in [5.74, 6) is -0.444. The van der Waals surface area contributed by atoms with Gasteiger partial charge < -0.3 is 10.1 Å². The molecule has 2 heterocycles. The summed E-state index contributed by atoms with van der Waals surface area (Å²) in [6, 6.07) is 23.1. The van der Waals surface area contributed by atoms with Crippen molar-refractivity contribution in [1.29, 1.82) is 0 Å². The topological polar surface area (TPSA) is 85.4 Å². The van der Waals surface area contributed by atoms with E-state index in [0.29, 0.717) is 50.0 Å². The normalized spacial score (nSPS) is 17.8. The minimum atomic E-state index is -0.570. The molecule has 0 aliphatic heterocycles. The van der Waals surface area contributed by atoms with E-state index in [4.69, 9.17) is 21.3 Å². The van der Waals surface area contributed by atoms with Gasteiger partial charge in [-0.25, -0.2) is 9.78 Å². The van der Waals surface area contributed by atoms with E-state index >= 15 is 0 Å². The number of nitrogens with one attached hydrogen (secondary N) is 1. The number of thiophene rings is 1. The van der Waals surface area contributed by atoms with Crippen LogP contribution < -0.4 is 5.32 Å². The summed E-state index contributed by atoms with van der Waals surface area (Å²) in [4.78, 5) is 48.4. The van der Waals surface area contributed by atoms with Crippen LogP contribution >= 0.6 is 22.9 Å². The van der Waals surface area contributed by atoms with Crippen LogP contribution in [0.1, 0.15) is 120 Å². The van der Waals surface area contributed by atoms with Gasteiger partial charge >= 0.3 is 5.97 Å². The lowest BCUT2D eigenvalue weighted by atomic mass is 9.69. The van der Waals surface area contributed by atoms with Crippen molar-refractivity contribution in [3.63, 3.8) is 0 Å². The molecule has 7 rings (SSSR count). The molecule has 2 atom stereocenters. The van der Waals surface area contributed by atoms with Gasteiger partial charge in [-0.2, -0.15) is 0 Å². The molecule has 3 aromatic carbocycles. The zero-order valence-corrected chi connectivity index (χ0v) is 34.3. The van der Waals surface area contributed by atoms with Gasteiger partial charge in [0.2, 0.25) is 0 Å². The second-order valence-electron chi connectivity index (χ2n) is 17.4. The van der Waals surface area contributed by atoms with E-state index in [-0.39, 0.29) is 22.5 Å². The highest BCUT2D eigenvalue weighted by Crippen LogP contribution is 2.45. The summed E-state index contributed by atoms with van der Waals surface area (Å²) in [6.07, 6.45) is 6.20. The first kappa shape index (κ1) is 38.7.